The number of anilines is 1. The number of rotatable bonds is 7. The van der Waals surface area contributed by atoms with Crippen LogP contribution in [0.1, 0.15) is 23.0 Å². The van der Waals surface area contributed by atoms with Crippen LogP contribution in [-0.4, -0.2) is 37.5 Å². The Balaban J connectivity index is 1.27. The normalized spacial score (nSPS) is 10.8. The fraction of sp³-hybridized carbons (Fsp3) is 0.111. The van der Waals surface area contributed by atoms with E-state index in [2.05, 4.69) is 20.8 Å². The number of fused-ring (bicyclic) bond motifs is 1. The van der Waals surface area contributed by atoms with Crippen LogP contribution >= 0.6 is 12.2 Å². The number of furan rings is 1. The minimum absolute atomic E-state index is 0.00567. The molecule has 5 aromatic rings. The van der Waals surface area contributed by atoms with E-state index in [1.807, 2.05) is 44.2 Å². The van der Waals surface area contributed by atoms with Gasteiger partial charge in [0.1, 0.15) is 22.5 Å². The van der Waals surface area contributed by atoms with Crippen LogP contribution in [-0.2, 0) is 0 Å². The Morgan fingerprint density at radius 1 is 1.08 bits per heavy atom. The smallest absolute Gasteiger partial charge is 0.293 e. The van der Waals surface area contributed by atoms with Gasteiger partial charge in [0.2, 0.25) is 0 Å². The minimum Gasteiger partial charge on any atom is -0.494 e. The third-order valence-electron chi connectivity index (χ3n) is 5.75. The number of ether oxygens (including phenoxy) is 1. The molecule has 0 aliphatic rings. The first kappa shape index (κ1) is 25.5. The first-order chi connectivity index (χ1) is 18.8. The monoisotopic (exact) mass is 542 g/mol. The van der Waals surface area contributed by atoms with Gasteiger partial charge in [0.05, 0.1) is 17.2 Å². The Kier molecular flexibility index (Phi) is 7.02. The second kappa shape index (κ2) is 10.7. The summed E-state index contributed by atoms with van der Waals surface area (Å²) in [4.78, 5) is 24.8. The summed E-state index contributed by atoms with van der Waals surface area (Å²) >= 11 is 5.34. The number of carbonyl (C=O) groups is 1. The number of non-ortho nitro benzene ring substituents is 1. The second-order valence-corrected chi connectivity index (χ2v) is 8.86. The fourth-order valence-electron chi connectivity index (χ4n) is 3.87. The molecule has 196 valence electrons. The number of nitro benzene ring substituents is 1. The average molecular weight is 543 g/mol. The van der Waals surface area contributed by atoms with Gasteiger partial charge >= 0.3 is 0 Å². The molecule has 1 amide bonds. The SMILES string of the molecule is CCOc1ccc(-n2nc3cc(C)c(NC(=S)NC(=O)c4ccc(-c5cccc([N+](=O)[O-])c5)o4)cc3n2)cc1. The molecule has 11 nitrogen and oxygen atoms in total. The first-order valence-corrected chi connectivity index (χ1v) is 12.3. The Labute approximate surface area is 227 Å². The zero-order valence-electron chi connectivity index (χ0n) is 20.9. The molecule has 0 spiro atoms. The van der Waals surface area contributed by atoms with E-state index < -0.39 is 10.8 Å². The van der Waals surface area contributed by atoms with Crippen LogP contribution in [0, 0.1) is 17.0 Å². The summed E-state index contributed by atoms with van der Waals surface area (Å²) in [5.41, 5.74) is 4.03. The van der Waals surface area contributed by atoms with Crippen molar-refractivity contribution in [2.75, 3.05) is 11.9 Å². The van der Waals surface area contributed by atoms with Crippen LogP contribution in [0.3, 0.4) is 0 Å². The summed E-state index contributed by atoms with van der Waals surface area (Å²) < 4.78 is 11.1. The summed E-state index contributed by atoms with van der Waals surface area (Å²) in [5, 5.41) is 25.8. The van der Waals surface area contributed by atoms with Crippen LogP contribution in [0.25, 0.3) is 28.0 Å². The number of carbonyl (C=O) groups excluding carboxylic acids is 1. The molecule has 0 saturated heterocycles. The van der Waals surface area contributed by atoms with Crippen molar-refractivity contribution in [3.8, 4) is 22.8 Å². The lowest BCUT2D eigenvalue weighted by molar-refractivity contribution is -0.384. The van der Waals surface area contributed by atoms with Crippen molar-refractivity contribution in [2.45, 2.75) is 13.8 Å². The van der Waals surface area contributed by atoms with Gasteiger partial charge in [-0.25, -0.2) is 0 Å². The number of nitro groups is 1. The quantitative estimate of drug-likeness (QED) is 0.157. The van der Waals surface area contributed by atoms with E-state index in [1.54, 1.807) is 29.1 Å². The van der Waals surface area contributed by atoms with E-state index >= 15 is 0 Å². The average Bonchev–Trinajstić information content (AvgIpc) is 3.57. The van der Waals surface area contributed by atoms with Gasteiger partial charge in [0.25, 0.3) is 11.6 Å². The largest absolute Gasteiger partial charge is 0.494 e. The predicted molar refractivity (Wildman–Crippen MR) is 149 cm³/mol. The molecule has 12 heteroatoms. The van der Waals surface area contributed by atoms with Crippen molar-refractivity contribution in [1.29, 1.82) is 0 Å². The number of benzene rings is 3. The van der Waals surface area contributed by atoms with E-state index in [0.29, 0.717) is 34.7 Å². The van der Waals surface area contributed by atoms with Gasteiger partial charge in [0.15, 0.2) is 10.9 Å². The van der Waals surface area contributed by atoms with Gasteiger partial charge in [-0.3, -0.25) is 20.2 Å². The zero-order chi connectivity index (χ0) is 27.5. The van der Waals surface area contributed by atoms with Gasteiger partial charge in [-0.2, -0.15) is 4.80 Å². The lowest BCUT2D eigenvalue weighted by atomic mass is 10.1. The summed E-state index contributed by atoms with van der Waals surface area (Å²) in [7, 11) is 0. The van der Waals surface area contributed by atoms with Crippen molar-refractivity contribution >= 4 is 45.6 Å². The van der Waals surface area contributed by atoms with E-state index in [4.69, 9.17) is 21.4 Å². The standard InChI is InChI=1S/C27H22N6O5S/c1-3-37-20-9-7-18(8-10-20)32-30-22-13-16(2)21(15-23(22)31-32)28-27(39)29-26(34)25-12-11-24(38-25)17-5-4-6-19(14-17)33(35)36/h4-15H,3H2,1-2H3,(H2,28,29,34,39). The molecule has 2 heterocycles. The minimum atomic E-state index is -0.565. The number of amides is 1. The Hall–Kier alpha value is -5.10. The highest BCUT2D eigenvalue weighted by atomic mass is 32.1. The molecule has 2 aromatic heterocycles. The molecular formula is C27H22N6O5S. The molecule has 0 aliphatic heterocycles. The number of hydrogen-bond donors (Lipinski definition) is 2. The molecule has 3 aromatic carbocycles. The molecule has 0 atom stereocenters. The molecular weight excluding hydrogens is 520 g/mol. The Morgan fingerprint density at radius 2 is 1.82 bits per heavy atom. The third kappa shape index (κ3) is 5.60. The van der Waals surface area contributed by atoms with E-state index in [9.17, 15) is 14.9 Å². The van der Waals surface area contributed by atoms with Crippen LogP contribution < -0.4 is 15.4 Å². The molecule has 2 N–H and O–H groups in total. The number of aryl methyl sites for hydroxylation is 1. The van der Waals surface area contributed by atoms with E-state index in [0.717, 1.165) is 17.0 Å². The second-order valence-electron chi connectivity index (χ2n) is 8.45. The summed E-state index contributed by atoms with van der Waals surface area (Å²) in [6.45, 7) is 4.40. The van der Waals surface area contributed by atoms with Crippen LogP contribution in [0.15, 0.2) is 77.2 Å². The van der Waals surface area contributed by atoms with Crippen LogP contribution in [0.5, 0.6) is 5.75 Å². The van der Waals surface area contributed by atoms with Crippen molar-refractivity contribution in [1.82, 2.24) is 20.3 Å². The highest BCUT2D eigenvalue weighted by Crippen LogP contribution is 2.26. The van der Waals surface area contributed by atoms with Crippen molar-refractivity contribution < 1.29 is 18.9 Å². The summed E-state index contributed by atoms with van der Waals surface area (Å²) in [5.74, 6) is 0.529. The maximum Gasteiger partial charge on any atom is 0.293 e. The Bertz CT molecular complexity index is 1710. The van der Waals surface area contributed by atoms with Crippen molar-refractivity contribution in [3.63, 3.8) is 0 Å². The first-order valence-electron chi connectivity index (χ1n) is 11.9. The molecule has 5 rings (SSSR count). The van der Waals surface area contributed by atoms with Gasteiger partial charge in [-0.15, -0.1) is 10.2 Å². The van der Waals surface area contributed by atoms with Gasteiger partial charge < -0.3 is 14.5 Å². The molecule has 0 aliphatic carbocycles. The lowest BCUT2D eigenvalue weighted by Crippen LogP contribution is -2.34. The summed E-state index contributed by atoms with van der Waals surface area (Å²) in [6.07, 6.45) is 0. The maximum absolute atomic E-state index is 12.7. The molecule has 0 radical (unpaired) electrons. The predicted octanol–water partition coefficient (Wildman–Crippen LogP) is 5.42. The number of nitrogens with zero attached hydrogens (tertiary/aromatic N) is 4. The fourth-order valence-corrected chi connectivity index (χ4v) is 4.07. The van der Waals surface area contributed by atoms with Crippen molar-refractivity contribution in [3.05, 3.63) is 94.2 Å². The Morgan fingerprint density at radius 3 is 2.54 bits per heavy atom. The molecule has 0 unspecified atom stereocenters. The highest BCUT2D eigenvalue weighted by molar-refractivity contribution is 7.80. The van der Waals surface area contributed by atoms with E-state index in [-0.39, 0.29) is 16.6 Å². The van der Waals surface area contributed by atoms with Crippen LogP contribution in [0.2, 0.25) is 0 Å². The van der Waals surface area contributed by atoms with Gasteiger partial charge in [-0.05, 0) is 80.2 Å². The third-order valence-corrected chi connectivity index (χ3v) is 5.96. The molecule has 0 bridgehead atoms. The molecule has 39 heavy (non-hydrogen) atoms. The van der Waals surface area contributed by atoms with Gasteiger partial charge in [-0.1, -0.05) is 12.1 Å². The van der Waals surface area contributed by atoms with Crippen LogP contribution in [0.4, 0.5) is 11.4 Å². The highest BCUT2D eigenvalue weighted by Gasteiger charge is 2.16. The maximum atomic E-state index is 12.7. The number of nitrogens with one attached hydrogen (secondary N) is 2. The number of thiocarbonyl (C=S) groups is 1. The zero-order valence-corrected chi connectivity index (χ0v) is 21.7. The number of hydrogen-bond acceptors (Lipinski definition) is 8. The summed E-state index contributed by atoms with van der Waals surface area (Å²) in [6, 6.07) is 20.1. The lowest BCUT2D eigenvalue weighted by Gasteiger charge is -2.10. The molecule has 0 saturated carbocycles. The number of aromatic nitrogens is 3. The van der Waals surface area contributed by atoms with Crippen molar-refractivity contribution in [2.24, 2.45) is 0 Å². The van der Waals surface area contributed by atoms with Gasteiger partial charge in [0, 0.05) is 23.4 Å². The topological polar surface area (TPSA) is 137 Å². The van der Waals surface area contributed by atoms with E-state index in [1.165, 1.54) is 18.2 Å². The molecule has 0 fully saturated rings.